The average molecular weight is 223 g/mol. The Morgan fingerprint density at radius 3 is 2.93 bits per heavy atom. The summed E-state index contributed by atoms with van der Waals surface area (Å²) in [5, 5.41) is 0.969. The van der Waals surface area contributed by atoms with Gasteiger partial charge in [-0.05, 0) is 38.1 Å². The molecular formula is C11H17N3S. The highest BCUT2D eigenvalue weighted by molar-refractivity contribution is 7.99. The minimum absolute atomic E-state index is 0.795. The van der Waals surface area contributed by atoms with Crippen molar-refractivity contribution in [2.45, 2.75) is 17.9 Å². The Labute approximate surface area is 95.1 Å². The largest absolute Gasteiger partial charge is 0.397 e. The minimum Gasteiger partial charge on any atom is -0.397 e. The standard InChI is InChI=1S/C11H17N3S/c12-10-4-3-5-13-11(10)15-9-8-14-6-1-2-7-14/h3-5H,1-2,6-9,12H2. The predicted molar refractivity (Wildman–Crippen MR) is 65.0 cm³/mol. The molecule has 82 valence electrons. The zero-order valence-electron chi connectivity index (χ0n) is 8.85. The molecule has 0 saturated carbocycles. The topological polar surface area (TPSA) is 42.1 Å². The van der Waals surface area contributed by atoms with E-state index < -0.39 is 0 Å². The summed E-state index contributed by atoms with van der Waals surface area (Å²) in [5.41, 5.74) is 6.61. The van der Waals surface area contributed by atoms with Gasteiger partial charge in [-0.1, -0.05) is 0 Å². The van der Waals surface area contributed by atoms with Crippen molar-refractivity contribution in [2.24, 2.45) is 0 Å². The number of nitrogens with two attached hydrogens (primary N) is 1. The number of nitrogen functional groups attached to an aromatic ring is 1. The van der Waals surface area contributed by atoms with Crippen molar-refractivity contribution in [1.82, 2.24) is 9.88 Å². The number of thioether (sulfide) groups is 1. The van der Waals surface area contributed by atoms with E-state index in [0.29, 0.717) is 0 Å². The Kier molecular flexibility index (Phi) is 3.86. The van der Waals surface area contributed by atoms with Gasteiger partial charge in [-0.15, -0.1) is 11.8 Å². The van der Waals surface area contributed by atoms with Gasteiger partial charge in [0.15, 0.2) is 0 Å². The van der Waals surface area contributed by atoms with Crippen molar-refractivity contribution in [3.05, 3.63) is 18.3 Å². The minimum atomic E-state index is 0.795. The second kappa shape index (κ2) is 5.37. The van der Waals surface area contributed by atoms with Crippen molar-refractivity contribution in [3.8, 4) is 0 Å². The van der Waals surface area contributed by atoms with Crippen LogP contribution in [0.5, 0.6) is 0 Å². The molecule has 0 atom stereocenters. The Morgan fingerprint density at radius 2 is 2.20 bits per heavy atom. The molecule has 1 aromatic rings. The summed E-state index contributed by atoms with van der Waals surface area (Å²) >= 11 is 1.76. The van der Waals surface area contributed by atoms with Crippen LogP contribution in [0.2, 0.25) is 0 Å². The first-order valence-corrected chi connectivity index (χ1v) is 6.40. The molecule has 0 amide bonds. The molecule has 2 rings (SSSR count). The lowest BCUT2D eigenvalue weighted by molar-refractivity contribution is 0.362. The first kappa shape index (κ1) is 10.8. The van der Waals surface area contributed by atoms with Gasteiger partial charge in [-0.25, -0.2) is 4.98 Å². The van der Waals surface area contributed by atoms with Crippen LogP contribution in [-0.2, 0) is 0 Å². The number of aromatic nitrogens is 1. The number of nitrogens with zero attached hydrogens (tertiary/aromatic N) is 2. The third-order valence-electron chi connectivity index (χ3n) is 2.65. The molecule has 1 aliphatic heterocycles. The van der Waals surface area contributed by atoms with E-state index in [0.717, 1.165) is 23.0 Å². The van der Waals surface area contributed by atoms with Crippen molar-refractivity contribution in [2.75, 3.05) is 31.1 Å². The van der Waals surface area contributed by atoms with Crippen LogP contribution in [-0.4, -0.2) is 35.3 Å². The second-order valence-electron chi connectivity index (χ2n) is 3.79. The lowest BCUT2D eigenvalue weighted by Crippen LogP contribution is -2.21. The molecule has 1 fully saturated rings. The van der Waals surface area contributed by atoms with Crippen molar-refractivity contribution in [1.29, 1.82) is 0 Å². The summed E-state index contributed by atoms with van der Waals surface area (Å²) in [7, 11) is 0. The maximum atomic E-state index is 5.82. The number of anilines is 1. The normalized spacial score (nSPS) is 17.1. The third kappa shape index (κ3) is 3.11. The summed E-state index contributed by atoms with van der Waals surface area (Å²) in [5.74, 6) is 1.08. The van der Waals surface area contributed by atoms with Crippen LogP contribution in [0.4, 0.5) is 5.69 Å². The molecule has 2 N–H and O–H groups in total. The molecule has 0 aromatic carbocycles. The van der Waals surface area contributed by atoms with Gasteiger partial charge < -0.3 is 10.6 Å². The molecule has 4 heteroatoms. The fourth-order valence-electron chi connectivity index (χ4n) is 1.80. The fraction of sp³-hybridized carbons (Fsp3) is 0.545. The lowest BCUT2D eigenvalue weighted by Gasteiger charge is -2.13. The van der Waals surface area contributed by atoms with E-state index in [9.17, 15) is 0 Å². The maximum Gasteiger partial charge on any atom is 0.119 e. The molecule has 0 radical (unpaired) electrons. The van der Waals surface area contributed by atoms with Crippen molar-refractivity contribution in [3.63, 3.8) is 0 Å². The number of rotatable bonds is 4. The van der Waals surface area contributed by atoms with Crippen molar-refractivity contribution < 1.29 is 0 Å². The van der Waals surface area contributed by atoms with Gasteiger partial charge in [0.2, 0.25) is 0 Å². The molecular weight excluding hydrogens is 206 g/mol. The number of likely N-dealkylation sites (tertiary alicyclic amines) is 1. The van der Waals surface area contributed by atoms with Crippen LogP contribution >= 0.6 is 11.8 Å². The lowest BCUT2D eigenvalue weighted by atomic mass is 10.4. The van der Waals surface area contributed by atoms with E-state index in [-0.39, 0.29) is 0 Å². The van der Waals surface area contributed by atoms with E-state index in [1.54, 1.807) is 18.0 Å². The quantitative estimate of drug-likeness (QED) is 0.791. The highest BCUT2D eigenvalue weighted by Crippen LogP contribution is 2.21. The zero-order valence-corrected chi connectivity index (χ0v) is 9.67. The van der Waals surface area contributed by atoms with Gasteiger partial charge in [0.25, 0.3) is 0 Å². The van der Waals surface area contributed by atoms with Crippen LogP contribution < -0.4 is 5.73 Å². The molecule has 0 aliphatic carbocycles. The van der Waals surface area contributed by atoms with Gasteiger partial charge in [0, 0.05) is 18.5 Å². The van der Waals surface area contributed by atoms with Gasteiger partial charge in [-0.2, -0.15) is 0 Å². The highest BCUT2D eigenvalue weighted by atomic mass is 32.2. The molecule has 0 unspecified atom stereocenters. The summed E-state index contributed by atoms with van der Waals surface area (Å²) in [6.07, 6.45) is 4.52. The van der Waals surface area contributed by atoms with Crippen LogP contribution in [0, 0.1) is 0 Å². The summed E-state index contributed by atoms with van der Waals surface area (Å²) in [6.45, 7) is 3.68. The number of pyridine rings is 1. The first-order chi connectivity index (χ1) is 7.36. The second-order valence-corrected chi connectivity index (χ2v) is 4.88. The average Bonchev–Trinajstić information content (AvgIpc) is 2.74. The summed E-state index contributed by atoms with van der Waals surface area (Å²) < 4.78 is 0. The molecule has 1 aromatic heterocycles. The first-order valence-electron chi connectivity index (χ1n) is 5.42. The number of hydrogen-bond donors (Lipinski definition) is 1. The van der Waals surface area contributed by atoms with Crippen LogP contribution in [0.15, 0.2) is 23.4 Å². The van der Waals surface area contributed by atoms with Crippen LogP contribution in [0.1, 0.15) is 12.8 Å². The Hall–Kier alpha value is -0.740. The van der Waals surface area contributed by atoms with Crippen molar-refractivity contribution >= 4 is 17.4 Å². The van der Waals surface area contributed by atoms with Gasteiger partial charge in [-0.3, -0.25) is 0 Å². The molecule has 0 bridgehead atoms. The third-order valence-corrected chi connectivity index (χ3v) is 3.65. The van der Waals surface area contributed by atoms with Crippen LogP contribution in [0.25, 0.3) is 0 Å². The van der Waals surface area contributed by atoms with Gasteiger partial charge in [0.05, 0.1) is 5.69 Å². The van der Waals surface area contributed by atoms with E-state index in [2.05, 4.69) is 9.88 Å². The van der Waals surface area contributed by atoms with E-state index in [1.165, 1.54) is 25.9 Å². The number of hydrogen-bond acceptors (Lipinski definition) is 4. The summed E-state index contributed by atoms with van der Waals surface area (Å²) in [4.78, 5) is 6.77. The van der Waals surface area contributed by atoms with Gasteiger partial charge >= 0.3 is 0 Å². The fourth-order valence-corrected chi connectivity index (χ4v) is 2.71. The van der Waals surface area contributed by atoms with E-state index in [4.69, 9.17) is 5.73 Å². The molecule has 3 nitrogen and oxygen atoms in total. The maximum absolute atomic E-state index is 5.82. The smallest absolute Gasteiger partial charge is 0.119 e. The molecule has 0 spiro atoms. The van der Waals surface area contributed by atoms with E-state index in [1.807, 2.05) is 12.1 Å². The molecule has 15 heavy (non-hydrogen) atoms. The SMILES string of the molecule is Nc1cccnc1SCCN1CCCC1. The summed E-state index contributed by atoms with van der Waals surface area (Å²) in [6, 6.07) is 3.78. The Bertz CT molecular complexity index is 310. The monoisotopic (exact) mass is 223 g/mol. The zero-order chi connectivity index (χ0) is 10.5. The Balaban J connectivity index is 1.75. The van der Waals surface area contributed by atoms with E-state index >= 15 is 0 Å². The molecule has 1 saturated heterocycles. The molecule has 1 aliphatic rings. The van der Waals surface area contributed by atoms with Crippen LogP contribution in [0.3, 0.4) is 0 Å². The predicted octanol–water partition coefficient (Wildman–Crippen LogP) is 1.85. The van der Waals surface area contributed by atoms with Gasteiger partial charge in [0.1, 0.15) is 5.03 Å². The Morgan fingerprint density at radius 1 is 1.40 bits per heavy atom. The highest BCUT2D eigenvalue weighted by Gasteiger charge is 2.11. The molecule has 2 heterocycles.